The van der Waals surface area contributed by atoms with Gasteiger partial charge >= 0.3 is 0 Å². The Morgan fingerprint density at radius 3 is 3.12 bits per heavy atom. The molecule has 1 N–H and O–H groups in total. The molecule has 2 nitrogen and oxygen atoms in total. The lowest BCUT2D eigenvalue weighted by atomic mass is 10.1. The number of aromatic nitrogens is 1. The fourth-order valence-corrected chi connectivity index (χ4v) is 4.89. The predicted molar refractivity (Wildman–Crippen MR) is 78.8 cm³/mol. The van der Waals surface area contributed by atoms with Crippen molar-refractivity contribution >= 4 is 23.5 Å². The van der Waals surface area contributed by atoms with Gasteiger partial charge in [0, 0.05) is 40.9 Å². The van der Waals surface area contributed by atoms with E-state index < -0.39 is 0 Å². The van der Waals surface area contributed by atoms with Gasteiger partial charge in [-0.1, -0.05) is 13.0 Å². The molecule has 2 rings (SSSR count). The number of rotatable bonds is 5. The molecule has 0 spiro atoms. The predicted octanol–water partition coefficient (Wildman–Crippen LogP) is 2.97. The van der Waals surface area contributed by atoms with Crippen molar-refractivity contribution in [3.63, 3.8) is 0 Å². The molecule has 0 amide bonds. The molecule has 1 fully saturated rings. The number of nitrogens with one attached hydrogen (secondary N) is 1. The summed E-state index contributed by atoms with van der Waals surface area (Å²) in [6.45, 7) is 3.30. The van der Waals surface area contributed by atoms with Crippen molar-refractivity contribution < 1.29 is 0 Å². The van der Waals surface area contributed by atoms with Crippen molar-refractivity contribution in [2.45, 2.75) is 24.6 Å². The number of hydrogen-bond acceptors (Lipinski definition) is 4. The monoisotopic (exact) mass is 268 g/mol. The number of nitrogens with zero attached hydrogens (tertiary/aromatic N) is 1. The van der Waals surface area contributed by atoms with E-state index in [1.54, 1.807) is 0 Å². The van der Waals surface area contributed by atoms with Crippen LogP contribution >= 0.6 is 23.5 Å². The Morgan fingerprint density at radius 2 is 2.47 bits per heavy atom. The van der Waals surface area contributed by atoms with Crippen molar-refractivity contribution in [3.05, 3.63) is 30.1 Å². The van der Waals surface area contributed by atoms with E-state index >= 15 is 0 Å². The lowest BCUT2D eigenvalue weighted by molar-refractivity contribution is 0.529. The molecule has 1 aliphatic heterocycles. The van der Waals surface area contributed by atoms with E-state index in [4.69, 9.17) is 0 Å². The third-order valence-electron chi connectivity index (χ3n) is 2.87. The van der Waals surface area contributed by atoms with Gasteiger partial charge < -0.3 is 5.32 Å². The average Bonchev–Trinajstić information content (AvgIpc) is 2.42. The van der Waals surface area contributed by atoms with Gasteiger partial charge in [0.05, 0.1) is 0 Å². The summed E-state index contributed by atoms with van der Waals surface area (Å²) >= 11 is 4.18. The van der Waals surface area contributed by atoms with Gasteiger partial charge in [0.2, 0.25) is 0 Å². The normalized spacial score (nSPS) is 22.3. The summed E-state index contributed by atoms with van der Waals surface area (Å²) in [5, 5.41) is 4.37. The summed E-state index contributed by atoms with van der Waals surface area (Å²) in [7, 11) is 0. The molecule has 94 valence electrons. The molecule has 0 saturated carbocycles. The van der Waals surface area contributed by atoms with Crippen LogP contribution < -0.4 is 5.32 Å². The maximum atomic E-state index is 4.25. The molecular formula is C13H20N2S2. The van der Waals surface area contributed by atoms with E-state index in [2.05, 4.69) is 46.8 Å². The molecule has 4 heteroatoms. The number of pyridine rings is 1. The highest BCUT2D eigenvalue weighted by molar-refractivity contribution is 8.06. The van der Waals surface area contributed by atoms with Crippen LogP contribution in [-0.4, -0.2) is 34.0 Å². The summed E-state index contributed by atoms with van der Waals surface area (Å²) in [5.74, 6) is 3.83. The topological polar surface area (TPSA) is 24.9 Å². The van der Waals surface area contributed by atoms with Crippen molar-refractivity contribution in [1.82, 2.24) is 10.3 Å². The summed E-state index contributed by atoms with van der Waals surface area (Å²) in [6.07, 6.45) is 5.04. The highest BCUT2D eigenvalue weighted by atomic mass is 32.2. The lowest BCUT2D eigenvalue weighted by Gasteiger charge is -2.30. The van der Waals surface area contributed by atoms with E-state index in [9.17, 15) is 0 Å². The van der Waals surface area contributed by atoms with Crippen molar-refractivity contribution in [2.24, 2.45) is 0 Å². The van der Waals surface area contributed by atoms with Gasteiger partial charge in [0.1, 0.15) is 0 Å². The number of hydrogen-bond donors (Lipinski definition) is 1. The van der Waals surface area contributed by atoms with Gasteiger partial charge in [-0.25, -0.2) is 0 Å². The molecule has 2 unspecified atom stereocenters. The Kier molecular flexibility index (Phi) is 5.68. The quantitative estimate of drug-likeness (QED) is 0.887. The van der Waals surface area contributed by atoms with E-state index in [1.807, 2.05) is 18.5 Å². The molecule has 0 aromatic carbocycles. The number of thioether (sulfide) groups is 2. The van der Waals surface area contributed by atoms with Gasteiger partial charge in [-0.15, -0.1) is 0 Å². The fraction of sp³-hybridized carbons (Fsp3) is 0.615. The molecule has 1 aromatic rings. The molecule has 2 atom stereocenters. The Balaban J connectivity index is 2.06. The Hall–Kier alpha value is -0.190. The highest BCUT2D eigenvalue weighted by Gasteiger charge is 2.25. The van der Waals surface area contributed by atoms with Crippen LogP contribution in [0, 0.1) is 0 Å². The van der Waals surface area contributed by atoms with E-state index in [-0.39, 0.29) is 0 Å². The van der Waals surface area contributed by atoms with Crippen LogP contribution in [0.2, 0.25) is 0 Å². The molecule has 2 heterocycles. The molecule has 1 aromatic heterocycles. The minimum atomic E-state index is 0.460. The SMILES string of the molecule is CCCNC(c1cccnc1)C1CSCCS1. The van der Waals surface area contributed by atoms with E-state index in [0.717, 1.165) is 6.54 Å². The molecule has 0 bridgehead atoms. The van der Waals surface area contributed by atoms with Gasteiger partial charge in [0.15, 0.2) is 0 Å². The summed E-state index contributed by atoms with van der Waals surface area (Å²) < 4.78 is 0. The lowest BCUT2D eigenvalue weighted by Crippen LogP contribution is -2.34. The molecular weight excluding hydrogens is 248 g/mol. The van der Waals surface area contributed by atoms with Gasteiger partial charge in [-0.3, -0.25) is 4.98 Å². The second-order valence-corrected chi connectivity index (χ2v) is 6.70. The standard InChI is InChI=1S/C13H20N2S2/c1-2-5-15-13(11-4-3-6-14-9-11)12-10-16-7-8-17-12/h3-4,6,9,12-13,15H,2,5,7-8,10H2,1H3. The molecule has 1 saturated heterocycles. The Labute approximate surface area is 112 Å². The minimum Gasteiger partial charge on any atom is -0.309 e. The van der Waals surface area contributed by atoms with Crippen LogP contribution in [0.25, 0.3) is 0 Å². The summed E-state index contributed by atoms with van der Waals surface area (Å²) in [5.41, 5.74) is 1.33. The molecule has 17 heavy (non-hydrogen) atoms. The zero-order valence-electron chi connectivity index (χ0n) is 10.3. The van der Waals surface area contributed by atoms with Crippen LogP contribution in [0.3, 0.4) is 0 Å². The van der Waals surface area contributed by atoms with Crippen LogP contribution in [0.1, 0.15) is 24.9 Å². The first-order chi connectivity index (χ1) is 8.42. The zero-order chi connectivity index (χ0) is 11.9. The van der Waals surface area contributed by atoms with Crippen LogP contribution in [0.4, 0.5) is 0 Å². The minimum absolute atomic E-state index is 0.460. The smallest absolute Gasteiger partial charge is 0.0464 e. The fourth-order valence-electron chi connectivity index (χ4n) is 2.02. The summed E-state index contributed by atoms with van der Waals surface area (Å²) in [4.78, 5) is 4.25. The van der Waals surface area contributed by atoms with Crippen LogP contribution in [0.15, 0.2) is 24.5 Å². The third-order valence-corrected chi connectivity index (χ3v) is 5.74. The van der Waals surface area contributed by atoms with Gasteiger partial charge in [-0.05, 0) is 24.6 Å². The van der Waals surface area contributed by atoms with E-state index in [1.165, 1.54) is 29.2 Å². The Morgan fingerprint density at radius 1 is 1.53 bits per heavy atom. The van der Waals surface area contributed by atoms with Crippen molar-refractivity contribution in [3.8, 4) is 0 Å². The average molecular weight is 268 g/mol. The largest absolute Gasteiger partial charge is 0.309 e. The van der Waals surface area contributed by atoms with Gasteiger partial charge in [-0.2, -0.15) is 23.5 Å². The third kappa shape index (κ3) is 3.90. The van der Waals surface area contributed by atoms with E-state index in [0.29, 0.717) is 11.3 Å². The van der Waals surface area contributed by atoms with Gasteiger partial charge in [0.25, 0.3) is 0 Å². The molecule has 0 radical (unpaired) electrons. The van der Waals surface area contributed by atoms with Crippen LogP contribution in [0.5, 0.6) is 0 Å². The maximum Gasteiger partial charge on any atom is 0.0464 e. The first kappa shape index (κ1) is 13.2. The molecule has 1 aliphatic rings. The van der Waals surface area contributed by atoms with Crippen molar-refractivity contribution in [1.29, 1.82) is 0 Å². The maximum absolute atomic E-state index is 4.25. The zero-order valence-corrected chi connectivity index (χ0v) is 11.9. The second kappa shape index (κ2) is 7.29. The Bertz CT molecular complexity index is 312. The first-order valence-corrected chi connectivity index (χ1v) is 8.45. The molecule has 0 aliphatic carbocycles. The highest BCUT2D eigenvalue weighted by Crippen LogP contribution is 2.33. The summed E-state index contributed by atoms with van der Waals surface area (Å²) in [6, 6.07) is 4.69. The van der Waals surface area contributed by atoms with Crippen molar-refractivity contribution in [2.75, 3.05) is 23.8 Å². The first-order valence-electron chi connectivity index (χ1n) is 6.24. The van der Waals surface area contributed by atoms with Crippen LogP contribution in [-0.2, 0) is 0 Å². The second-order valence-electron chi connectivity index (χ2n) is 4.20.